The van der Waals surface area contributed by atoms with Crippen molar-refractivity contribution in [2.45, 2.75) is 75.8 Å². The van der Waals surface area contributed by atoms with Gasteiger partial charge in [0.25, 0.3) is 5.91 Å². The van der Waals surface area contributed by atoms with Crippen LogP contribution >= 0.6 is 0 Å². The molecule has 1 aliphatic heterocycles. The van der Waals surface area contributed by atoms with Crippen LogP contribution in [-0.4, -0.2) is 65.8 Å². The Morgan fingerprint density at radius 3 is 2.56 bits per heavy atom. The van der Waals surface area contributed by atoms with Crippen LogP contribution in [-0.2, 0) is 4.79 Å². The number of carbonyl (C=O) groups is 2. The topological polar surface area (TPSA) is 120 Å². The van der Waals surface area contributed by atoms with Crippen molar-refractivity contribution >= 4 is 35.0 Å². The molecule has 3 aliphatic carbocycles. The molecule has 0 saturated heterocycles. The van der Waals surface area contributed by atoms with Crippen LogP contribution in [0.3, 0.4) is 0 Å². The number of carbonyl (C=O) groups excluding carboxylic acids is 2. The molecule has 2 aromatic rings. The molecule has 1 aromatic heterocycles. The maximum Gasteiger partial charge on any atom is 0.251 e. The Morgan fingerprint density at radius 2 is 1.90 bits per heavy atom. The lowest BCUT2D eigenvalue weighted by molar-refractivity contribution is -0.122. The van der Waals surface area contributed by atoms with Gasteiger partial charge in [-0.2, -0.15) is 4.98 Å². The van der Waals surface area contributed by atoms with Gasteiger partial charge in [-0.15, -0.1) is 0 Å². The predicted molar refractivity (Wildman–Crippen MR) is 149 cm³/mol. The number of hydrogen-bond donors (Lipinski definition) is 3. The molecule has 10 nitrogen and oxygen atoms in total. The second-order valence-corrected chi connectivity index (χ2v) is 11.8. The fraction of sp³-hybridized carbons (Fsp3) is 0.586. The number of aliphatic hydroxyl groups is 1. The third kappa shape index (κ3) is 4.68. The van der Waals surface area contributed by atoms with Crippen molar-refractivity contribution in [2.75, 3.05) is 42.4 Å². The first-order valence-electron chi connectivity index (χ1n) is 14.2. The average molecular weight is 535 g/mol. The number of methoxy groups -OCH3 is 1. The third-order valence-electron chi connectivity index (χ3n) is 9.19. The highest BCUT2D eigenvalue weighted by Crippen LogP contribution is 2.52. The number of hydrogen-bond acceptors (Lipinski definition) is 8. The summed E-state index contributed by atoms with van der Waals surface area (Å²) in [7, 11) is 3.39. The first-order valence-corrected chi connectivity index (χ1v) is 14.2. The summed E-state index contributed by atoms with van der Waals surface area (Å²) in [4.78, 5) is 39.9. The number of rotatable bonds is 7. The maximum atomic E-state index is 13.3. The minimum absolute atomic E-state index is 0.0645. The Balaban J connectivity index is 1.27. The maximum absolute atomic E-state index is 13.3. The Bertz CT molecular complexity index is 1270. The third-order valence-corrected chi connectivity index (χ3v) is 9.19. The highest BCUT2D eigenvalue weighted by molar-refractivity contribution is 6.03. The molecule has 0 atom stereocenters. The molecule has 3 fully saturated rings. The largest absolute Gasteiger partial charge is 0.495 e. The minimum Gasteiger partial charge on any atom is -0.495 e. The van der Waals surface area contributed by atoms with Crippen molar-refractivity contribution in [3.8, 4) is 5.75 Å². The number of nitrogens with one attached hydrogen (secondary N) is 2. The Morgan fingerprint density at radius 1 is 1.15 bits per heavy atom. The van der Waals surface area contributed by atoms with Gasteiger partial charge in [-0.25, -0.2) is 4.98 Å². The molecule has 0 bridgehead atoms. The van der Waals surface area contributed by atoms with Gasteiger partial charge in [0.15, 0.2) is 5.82 Å². The Kier molecular flexibility index (Phi) is 6.61. The number of nitrogens with zero attached hydrogens (tertiary/aromatic N) is 4. The zero-order chi connectivity index (χ0) is 27.2. The molecule has 3 saturated carbocycles. The van der Waals surface area contributed by atoms with Gasteiger partial charge >= 0.3 is 0 Å². The Labute approximate surface area is 229 Å². The van der Waals surface area contributed by atoms with E-state index in [0.717, 1.165) is 62.9 Å². The van der Waals surface area contributed by atoms with Gasteiger partial charge in [0.1, 0.15) is 11.4 Å². The molecular formula is C29H38N6O4. The molecule has 2 amide bonds. The number of aromatic nitrogens is 2. The van der Waals surface area contributed by atoms with Gasteiger partial charge in [0.05, 0.1) is 36.6 Å². The summed E-state index contributed by atoms with van der Waals surface area (Å²) in [5, 5.41) is 16.2. The van der Waals surface area contributed by atoms with E-state index in [4.69, 9.17) is 9.72 Å². The molecule has 39 heavy (non-hydrogen) atoms. The van der Waals surface area contributed by atoms with Crippen LogP contribution in [0.5, 0.6) is 5.75 Å². The van der Waals surface area contributed by atoms with Crippen LogP contribution < -0.4 is 25.2 Å². The quantitative estimate of drug-likeness (QED) is 0.491. The molecule has 2 heterocycles. The lowest BCUT2D eigenvalue weighted by Gasteiger charge is -2.31. The van der Waals surface area contributed by atoms with E-state index in [1.807, 2.05) is 7.05 Å². The molecule has 10 heteroatoms. The number of fused-ring (bicyclic) bond motifs is 1. The summed E-state index contributed by atoms with van der Waals surface area (Å²) in [6.07, 6.45) is 11.7. The van der Waals surface area contributed by atoms with Crippen LogP contribution in [0.2, 0.25) is 0 Å². The van der Waals surface area contributed by atoms with E-state index in [9.17, 15) is 14.7 Å². The van der Waals surface area contributed by atoms with Crippen molar-refractivity contribution in [1.29, 1.82) is 0 Å². The molecule has 1 aromatic carbocycles. The number of ether oxygens (including phenoxy) is 1. The SMILES string of the molecule is COc1cc(C(=O)NC2(CO)CCCC2)ccc1Nc1ncc2c(n1)N(C1CCCC1)CC1(CC1)C(=O)N2C. The molecule has 0 unspecified atom stereocenters. The van der Waals surface area contributed by atoms with Gasteiger partial charge in [-0.1, -0.05) is 25.7 Å². The van der Waals surface area contributed by atoms with E-state index in [0.29, 0.717) is 35.5 Å². The molecule has 3 N–H and O–H groups in total. The second-order valence-electron chi connectivity index (χ2n) is 11.8. The zero-order valence-electron chi connectivity index (χ0n) is 22.8. The van der Waals surface area contributed by atoms with Crippen molar-refractivity contribution in [3.05, 3.63) is 30.0 Å². The van der Waals surface area contributed by atoms with E-state index in [1.54, 1.807) is 36.4 Å². The number of anilines is 4. The van der Waals surface area contributed by atoms with Crippen molar-refractivity contribution < 1.29 is 19.4 Å². The van der Waals surface area contributed by atoms with E-state index in [1.165, 1.54) is 12.8 Å². The molecule has 208 valence electrons. The summed E-state index contributed by atoms with van der Waals surface area (Å²) < 4.78 is 5.62. The van der Waals surface area contributed by atoms with Gasteiger partial charge in [0, 0.05) is 25.2 Å². The van der Waals surface area contributed by atoms with E-state index >= 15 is 0 Å². The number of aliphatic hydroxyl groups excluding tert-OH is 1. The summed E-state index contributed by atoms with van der Waals surface area (Å²) in [6, 6.07) is 5.58. The first kappa shape index (κ1) is 25.9. The predicted octanol–water partition coefficient (Wildman–Crippen LogP) is 3.77. The fourth-order valence-electron chi connectivity index (χ4n) is 6.59. The van der Waals surface area contributed by atoms with Crippen LogP contribution in [0.1, 0.15) is 74.6 Å². The highest BCUT2D eigenvalue weighted by Gasteiger charge is 2.55. The second kappa shape index (κ2) is 9.97. The Hall–Kier alpha value is -3.40. The summed E-state index contributed by atoms with van der Waals surface area (Å²) >= 11 is 0. The molecule has 4 aliphatic rings. The first-order chi connectivity index (χ1) is 18.9. The fourth-order valence-corrected chi connectivity index (χ4v) is 6.59. The lowest BCUT2D eigenvalue weighted by Crippen LogP contribution is -2.49. The normalized spacial score (nSPS) is 21.6. The summed E-state index contributed by atoms with van der Waals surface area (Å²) in [6.45, 7) is 0.637. The number of amides is 2. The molecule has 6 rings (SSSR count). The smallest absolute Gasteiger partial charge is 0.251 e. The molecule has 1 spiro atoms. The zero-order valence-corrected chi connectivity index (χ0v) is 22.8. The van der Waals surface area contributed by atoms with Gasteiger partial charge in [0.2, 0.25) is 11.9 Å². The van der Waals surface area contributed by atoms with Gasteiger partial charge in [-0.3, -0.25) is 9.59 Å². The minimum atomic E-state index is -0.546. The van der Waals surface area contributed by atoms with Crippen molar-refractivity contribution in [2.24, 2.45) is 5.41 Å². The van der Waals surface area contributed by atoms with Gasteiger partial charge in [-0.05, 0) is 56.7 Å². The van der Waals surface area contributed by atoms with Crippen LogP contribution in [0, 0.1) is 5.41 Å². The highest BCUT2D eigenvalue weighted by atomic mass is 16.5. The van der Waals surface area contributed by atoms with Crippen LogP contribution in [0.25, 0.3) is 0 Å². The van der Waals surface area contributed by atoms with E-state index in [2.05, 4.69) is 20.5 Å². The average Bonchev–Trinajstić information content (AvgIpc) is 3.33. The van der Waals surface area contributed by atoms with Crippen molar-refractivity contribution in [1.82, 2.24) is 15.3 Å². The van der Waals surface area contributed by atoms with Crippen LogP contribution in [0.4, 0.5) is 23.1 Å². The van der Waals surface area contributed by atoms with E-state index in [-0.39, 0.29) is 23.8 Å². The summed E-state index contributed by atoms with van der Waals surface area (Å²) in [5.41, 5.74) is 0.983. The van der Waals surface area contributed by atoms with Crippen LogP contribution in [0.15, 0.2) is 24.4 Å². The van der Waals surface area contributed by atoms with Crippen molar-refractivity contribution in [3.63, 3.8) is 0 Å². The summed E-state index contributed by atoms with van der Waals surface area (Å²) in [5.74, 6) is 1.61. The monoisotopic (exact) mass is 534 g/mol. The van der Waals surface area contributed by atoms with Gasteiger partial charge < -0.3 is 30.3 Å². The number of benzene rings is 1. The molecule has 0 radical (unpaired) electrons. The molecular weight excluding hydrogens is 496 g/mol. The van der Waals surface area contributed by atoms with E-state index < -0.39 is 5.54 Å². The lowest BCUT2D eigenvalue weighted by atomic mass is 9.98. The standard InChI is InChI=1S/C29H38N6O4/c1-34-22-16-30-27(32-24(22)35(20-7-3-4-8-20)17-28(13-14-28)26(34)38)31-21-10-9-19(15-23(21)39-2)25(37)33-29(18-36)11-5-6-12-29/h9-10,15-16,20,36H,3-8,11-14,17-18H2,1-2H3,(H,33,37)(H,30,31,32).